The van der Waals surface area contributed by atoms with Crippen molar-refractivity contribution >= 4 is 34.9 Å². The summed E-state index contributed by atoms with van der Waals surface area (Å²) in [6.45, 7) is 16.0. The number of hydrogen-bond acceptors (Lipinski definition) is 2. The lowest BCUT2D eigenvalue weighted by molar-refractivity contribution is 1.16. The molecule has 2 aliphatic rings. The maximum absolute atomic E-state index is 3.44. The van der Waals surface area contributed by atoms with Gasteiger partial charge in [-0.05, 0) is 46.5 Å². The van der Waals surface area contributed by atoms with Crippen LogP contribution in [0.25, 0.3) is 12.2 Å². The van der Waals surface area contributed by atoms with Crippen molar-refractivity contribution in [2.45, 2.75) is 61.8 Å². The van der Waals surface area contributed by atoms with Gasteiger partial charge in [0.2, 0.25) is 0 Å². The summed E-state index contributed by atoms with van der Waals surface area (Å²) in [5.74, 6) is 0. The average molecular weight is 495 g/mol. The fourth-order valence-electron chi connectivity index (χ4n) is 3.78. The molecule has 4 aromatic carbocycles. The minimum absolute atomic E-state index is 1.04. The molecule has 2 nitrogen and oxygen atoms in total. The van der Waals surface area contributed by atoms with Gasteiger partial charge in [0.25, 0.3) is 0 Å². The van der Waals surface area contributed by atoms with Gasteiger partial charge in [-0.15, -0.1) is 0 Å². The fourth-order valence-corrected chi connectivity index (χ4v) is 3.78. The van der Waals surface area contributed by atoms with Gasteiger partial charge in [0.05, 0.1) is 0 Å². The summed E-state index contributed by atoms with van der Waals surface area (Å²) in [6.07, 6.45) is 5.33. The van der Waals surface area contributed by atoms with Gasteiger partial charge >= 0.3 is 0 Å². The molecule has 37 heavy (non-hydrogen) atoms. The number of fused-ring (bicyclic) bond motifs is 4. The Morgan fingerprint density at radius 3 is 1.08 bits per heavy atom. The molecule has 0 bridgehead atoms. The Morgan fingerprint density at radius 1 is 0.378 bits per heavy atom. The summed E-state index contributed by atoms with van der Waals surface area (Å²) >= 11 is 0. The molecule has 4 aromatic rings. The summed E-state index contributed by atoms with van der Waals surface area (Å²) in [6, 6.07) is 33.6. The van der Waals surface area contributed by atoms with Crippen LogP contribution in [0.15, 0.2) is 97.1 Å². The molecular weight excluding hydrogens is 448 g/mol. The minimum Gasteiger partial charge on any atom is -0.355 e. The molecule has 0 saturated carbocycles. The lowest BCUT2D eigenvalue weighted by atomic mass is 9.98. The first-order valence-corrected chi connectivity index (χ1v) is 13.9. The second-order valence-corrected chi connectivity index (χ2v) is 7.25. The molecule has 196 valence electrons. The first-order chi connectivity index (χ1) is 18.4. The Labute approximate surface area is 226 Å². The van der Waals surface area contributed by atoms with Gasteiger partial charge in [-0.2, -0.15) is 0 Å². The lowest BCUT2D eigenvalue weighted by Gasteiger charge is -2.20. The number of benzene rings is 4. The van der Waals surface area contributed by atoms with E-state index in [1.165, 1.54) is 45.0 Å². The number of nitrogens with one attached hydrogen (secondary N) is 2. The topological polar surface area (TPSA) is 24.1 Å². The van der Waals surface area contributed by atoms with Crippen molar-refractivity contribution in [1.29, 1.82) is 0 Å². The van der Waals surface area contributed by atoms with Crippen molar-refractivity contribution in [2.75, 3.05) is 10.6 Å². The Morgan fingerprint density at radius 2 is 0.676 bits per heavy atom. The average Bonchev–Trinajstić information content (AvgIpc) is 3.20. The summed E-state index contributed by atoms with van der Waals surface area (Å²) in [7, 11) is 0. The van der Waals surface area contributed by atoms with Gasteiger partial charge in [-0.25, -0.2) is 0 Å². The molecule has 0 spiro atoms. The van der Waals surface area contributed by atoms with E-state index in [4.69, 9.17) is 0 Å². The minimum atomic E-state index is 1.04. The van der Waals surface area contributed by atoms with Crippen molar-refractivity contribution < 1.29 is 0 Å². The number of para-hydroxylation sites is 4. The maximum atomic E-state index is 3.44. The smallest absolute Gasteiger partial charge is 0.0457 e. The Bertz CT molecular complexity index is 1060. The third-order valence-electron chi connectivity index (χ3n) is 5.32. The van der Waals surface area contributed by atoms with Gasteiger partial charge in [0.1, 0.15) is 0 Å². The molecule has 0 fully saturated rings. The van der Waals surface area contributed by atoms with E-state index in [2.05, 4.69) is 108 Å². The van der Waals surface area contributed by atoms with Crippen LogP contribution in [0.5, 0.6) is 0 Å². The molecule has 6 rings (SSSR count). The SMILES string of the molecule is C1=Cc2ccccc2Nc2ccccc21.CC.CC.CC.CC.c1ccc2c(c1)Cc1ccccc1N2. The molecule has 2 aliphatic heterocycles. The number of anilines is 4. The van der Waals surface area contributed by atoms with Gasteiger partial charge in [-0.3, -0.25) is 0 Å². The molecule has 0 aliphatic carbocycles. The normalized spacial score (nSPS) is 10.4. The molecule has 0 unspecified atom stereocenters. The number of rotatable bonds is 0. The van der Waals surface area contributed by atoms with E-state index in [9.17, 15) is 0 Å². The largest absolute Gasteiger partial charge is 0.355 e. The standard InChI is InChI=1S/C14H11N.C13H11N.4C2H6/c1-3-7-13-11(5-1)9-10-12-6-2-4-8-14(12)15-13;1-3-7-12-10(5-1)9-11-6-2-4-8-13(11)14-12;4*1-2/h1-10,15H;1-8,14H,9H2;4*1-2H3. The zero-order valence-corrected chi connectivity index (χ0v) is 24.1. The van der Waals surface area contributed by atoms with E-state index in [1.807, 2.05) is 67.5 Å². The highest BCUT2D eigenvalue weighted by Crippen LogP contribution is 2.32. The van der Waals surface area contributed by atoms with Gasteiger partial charge in [-0.1, -0.05) is 140 Å². The van der Waals surface area contributed by atoms with Crippen LogP contribution < -0.4 is 10.6 Å². The Kier molecular flexibility index (Phi) is 15.6. The van der Waals surface area contributed by atoms with E-state index >= 15 is 0 Å². The van der Waals surface area contributed by atoms with E-state index in [0.29, 0.717) is 0 Å². The second kappa shape index (κ2) is 18.5. The van der Waals surface area contributed by atoms with Crippen LogP contribution in [0.4, 0.5) is 22.7 Å². The van der Waals surface area contributed by atoms with Crippen LogP contribution in [0, 0.1) is 0 Å². The predicted molar refractivity (Wildman–Crippen MR) is 169 cm³/mol. The van der Waals surface area contributed by atoms with E-state index in [1.54, 1.807) is 0 Å². The molecular formula is C35H46N2. The number of hydrogen-bond donors (Lipinski definition) is 2. The van der Waals surface area contributed by atoms with Gasteiger partial charge < -0.3 is 10.6 Å². The third-order valence-corrected chi connectivity index (χ3v) is 5.32. The highest BCUT2D eigenvalue weighted by Gasteiger charge is 2.12. The first-order valence-electron chi connectivity index (χ1n) is 13.9. The maximum Gasteiger partial charge on any atom is 0.0457 e. The van der Waals surface area contributed by atoms with Crippen LogP contribution >= 0.6 is 0 Å². The molecule has 0 saturated heterocycles. The van der Waals surface area contributed by atoms with E-state index in [0.717, 1.165) is 6.42 Å². The quantitative estimate of drug-likeness (QED) is 0.219. The zero-order chi connectivity index (χ0) is 27.5. The molecule has 2 heterocycles. The van der Waals surface area contributed by atoms with Crippen molar-refractivity contribution in [3.05, 3.63) is 119 Å². The van der Waals surface area contributed by atoms with Crippen molar-refractivity contribution in [3.63, 3.8) is 0 Å². The molecule has 0 amide bonds. The first kappa shape index (κ1) is 31.3. The van der Waals surface area contributed by atoms with Crippen LogP contribution in [-0.2, 0) is 6.42 Å². The van der Waals surface area contributed by atoms with Crippen LogP contribution in [0.1, 0.15) is 77.6 Å². The Hall–Kier alpha value is -3.78. The fraction of sp³-hybridized carbons (Fsp3) is 0.257. The van der Waals surface area contributed by atoms with Crippen molar-refractivity contribution in [1.82, 2.24) is 0 Å². The Balaban J connectivity index is 0.000000293. The molecule has 2 heteroatoms. The van der Waals surface area contributed by atoms with Crippen LogP contribution in [0.3, 0.4) is 0 Å². The monoisotopic (exact) mass is 494 g/mol. The molecule has 0 radical (unpaired) electrons. The van der Waals surface area contributed by atoms with Crippen molar-refractivity contribution in [2.24, 2.45) is 0 Å². The molecule has 0 atom stereocenters. The van der Waals surface area contributed by atoms with Crippen LogP contribution in [0.2, 0.25) is 0 Å². The predicted octanol–water partition coefficient (Wildman–Crippen LogP) is 11.4. The second-order valence-electron chi connectivity index (χ2n) is 7.25. The van der Waals surface area contributed by atoms with Crippen LogP contribution in [-0.4, -0.2) is 0 Å². The van der Waals surface area contributed by atoms with E-state index < -0.39 is 0 Å². The van der Waals surface area contributed by atoms with E-state index in [-0.39, 0.29) is 0 Å². The molecule has 0 aromatic heterocycles. The van der Waals surface area contributed by atoms with Gasteiger partial charge in [0.15, 0.2) is 0 Å². The van der Waals surface area contributed by atoms with Gasteiger partial charge in [0, 0.05) is 29.2 Å². The van der Waals surface area contributed by atoms with Crippen molar-refractivity contribution in [3.8, 4) is 0 Å². The third kappa shape index (κ3) is 8.99. The zero-order valence-electron chi connectivity index (χ0n) is 24.1. The lowest BCUT2D eigenvalue weighted by Crippen LogP contribution is -2.05. The summed E-state index contributed by atoms with van der Waals surface area (Å²) < 4.78 is 0. The summed E-state index contributed by atoms with van der Waals surface area (Å²) in [5.41, 5.74) is 10.0. The molecule has 2 N–H and O–H groups in total. The highest BCUT2D eigenvalue weighted by molar-refractivity contribution is 5.87. The highest BCUT2D eigenvalue weighted by atomic mass is 14.9. The summed E-state index contributed by atoms with van der Waals surface area (Å²) in [4.78, 5) is 0. The summed E-state index contributed by atoms with van der Waals surface area (Å²) in [5, 5.41) is 6.88.